The number of carboxylic acids is 4. The van der Waals surface area contributed by atoms with Crippen LogP contribution in [0, 0.1) is 5.92 Å². The molecule has 14 N–H and O–H groups in total. The Kier molecular flexibility index (Phi) is 21.0. The minimum absolute atomic E-state index is 0.192. The molecule has 0 aliphatic rings. The second kappa shape index (κ2) is 23.6. The Bertz CT molecular complexity index is 1390. The van der Waals surface area contributed by atoms with Gasteiger partial charge in [-0.15, -0.1) is 0 Å². The molecule has 0 radical (unpaired) electrons. The van der Waals surface area contributed by atoms with Gasteiger partial charge in [0.05, 0.1) is 19.0 Å². The Morgan fingerprint density at radius 3 is 1.57 bits per heavy atom. The Hall–Kier alpha value is -5.87. The number of nitrogens with two attached hydrogens (primary N) is 2. The van der Waals surface area contributed by atoms with Crippen LogP contribution < -0.4 is 43.4 Å². The molecule has 7 amide bonds. The normalized spacial score (nSPS) is 14.6. The Labute approximate surface area is 302 Å². The molecule has 23 nitrogen and oxygen atoms in total. The molecule has 0 aromatic heterocycles. The lowest BCUT2D eigenvalue weighted by Gasteiger charge is -2.28. The third-order valence-electron chi connectivity index (χ3n) is 7.57. The molecular formula is C30H48N8O15. The number of carboxylic acid groups (broad SMARTS) is 4. The molecule has 298 valence electrons. The van der Waals surface area contributed by atoms with E-state index in [1.807, 2.05) is 5.32 Å². The lowest BCUT2D eigenvalue weighted by atomic mass is 9.97. The predicted molar refractivity (Wildman–Crippen MR) is 178 cm³/mol. The van der Waals surface area contributed by atoms with Crippen LogP contribution in [-0.4, -0.2) is 128 Å². The maximum absolute atomic E-state index is 13.3. The van der Waals surface area contributed by atoms with Gasteiger partial charge in [0.15, 0.2) is 0 Å². The van der Waals surface area contributed by atoms with E-state index in [2.05, 4.69) is 26.6 Å². The molecule has 7 atom stereocenters. The quantitative estimate of drug-likeness (QED) is 0.0395. The Balaban J connectivity index is 5.91. The van der Waals surface area contributed by atoms with Crippen molar-refractivity contribution in [1.29, 1.82) is 0 Å². The topological polar surface area (TPSA) is 393 Å². The molecule has 53 heavy (non-hydrogen) atoms. The summed E-state index contributed by atoms with van der Waals surface area (Å²) in [6.45, 7) is 3.47. The maximum atomic E-state index is 13.3. The first kappa shape index (κ1) is 47.1. The molecule has 0 rings (SSSR count). The second-order valence-corrected chi connectivity index (χ2v) is 12.0. The zero-order valence-electron chi connectivity index (χ0n) is 29.3. The number of amides is 7. The van der Waals surface area contributed by atoms with Gasteiger partial charge in [-0.3, -0.25) is 52.7 Å². The van der Waals surface area contributed by atoms with Crippen molar-refractivity contribution in [2.75, 3.05) is 6.54 Å². The van der Waals surface area contributed by atoms with Gasteiger partial charge in [0.2, 0.25) is 41.4 Å². The van der Waals surface area contributed by atoms with Gasteiger partial charge in [-0.2, -0.15) is 0 Å². The maximum Gasteiger partial charge on any atom is 0.325 e. The number of primary amides is 1. The van der Waals surface area contributed by atoms with Crippen molar-refractivity contribution in [3.05, 3.63) is 0 Å². The minimum atomic E-state index is -1.91. The molecule has 0 aliphatic heterocycles. The van der Waals surface area contributed by atoms with Crippen molar-refractivity contribution in [2.24, 2.45) is 17.4 Å². The molecule has 0 heterocycles. The molecule has 0 aromatic rings. The lowest BCUT2D eigenvalue weighted by molar-refractivity contribution is -0.142. The molecule has 0 bridgehead atoms. The van der Waals surface area contributed by atoms with Gasteiger partial charge in [0, 0.05) is 19.3 Å². The van der Waals surface area contributed by atoms with Crippen molar-refractivity contribution < 1.29 is 73.2 Å². The highest BCUT2D eigenvalue weighted by Gasteiger charge is 2.34. The largest absolute Gasteiger partial charge is 0.481 e. The van der Waals surface area contributed by atoms with Crippen molar-refractivity contribution >= 4 is 65.2 Å². The first-order valence-electron chi connectivity index (χ1n) is 16.3. The summed E-state index contributed by atoms with van der Waals surface area (Å²) in [6, 6.07) is -9.13. The van der Waals surface area contributed by atoms with Crippen LogP contribution in [0.3, 0.4) is 0 Å². The summed E-state index contributed by atoms with van der Waals surface area (Å²) in [5.74, 6) is -13.5. The lowest BCUT2D eigenvalue weighted by Crippen LogP contribution is -2.59. The number of hydrogen-bond acceptors (Lipinski definition) is 12. The highest BCUT2D eigenvalue weighted by Crippen LogP contribution is 2.11. The van der Waals surface area contributed by atoms with E-state index in [1.165, 1.54) is 6.92 Å². The Morgan fingerprint density at radius 1 is 0.585 bits per heavy atom. The first-order chi connectivity index (χ1) is 24.6. The highest BCUT2D eigenvalue weighted by atomic mass is 16.4. The van der Waals surface area contributed by atoms with Crippen LogP contribution in [-0.2, 0) is 52.7 Å². The number of carbonyl (C=O) groups is 11. The van der Waals surface area contributed by atoms with Gasteiger partial charge in [0.1, 0.15) is 30.2 Å². The van der Waals surface area contributed by atoms with Gasteiger partial charge in [-0.05, 0) is 32.1 Å². The van der Waals surface area contributed by atoms with E-state index in [-0.39, 0.29) is 12.8 Å². The van der Waals surface area contributed by atoms with Gasteiger partial charge in [0.25, 0.3) is 0 Å². The van der Waals surface area contributed by atoms with E-state index >= 15 is 0 Å². The van der Waals surface area contributed by atoms with Crippen LogP contribution in [0.15, 0.2) is 0 Å². The van der Waals surface area contributed by atoms with E-state index in [0.717, 1.165) is 0 Å². The molecule has 23 heteroatoms. The monoisotopic (exact) mass is 760 g/mol. The number of rotatable bonds is 26. The standard InChI is InChI=1S/C30H48N8O15/c1-4-13(2)24(29(51)34-14(3)30(52)53)38-27(49)17(7-10-22(43)44)37-28(50)18(11-23(45)46)35-20(40)12-33-26(48)16(6-9-21(41)42)36-25(47)15(31)5-8-19(32)39/h13-18,24H,4-12,31H2,1-3H3,(H2,32,39)(H,33,48)(H,34,51)(H,35,40)(H,36,47)(H,37,50)(H,38,49)(H,41,42)(H,43,44)(H,45,46)(H,52,53)/t13-,14-,15-,16-,17-,18-,24-/m0/s1. The van der Waals surface area contributed by atoms with E-state index in [9.17, 15) is 63.0 Å². The molecular weight excluding hydrogens is 712 g/mol. The second-order valence-electron chi connectivity index (χ2n) is 12.0. The summed E-state index contributed by atoms with van der Waals surface area (Å²) >= 11 is 0. The van der Waals surface area contributed by atoms with Crippen molar-refractivity contribution in [3.8, 4) is 0 Å². The van der Waals surface area contributed by atoms with E-state index < -0.39 is 146 Å². The van der Waals surface area contributed by atoms with Crippen LogP contribution in [0.1, 0.15) is 72.1 Å². The molecule has 0 aliphatic carbocycles. The fourth-order valence-electron chi connectivity index (χ4n) is 4.29. The zero-order valence-corrected chi connectivity index (χ0v) is 29.3. The molecule has 0 unspecified atom stereocenters. The van der Waals surface area contributed by atoms with Crippen LogP contribution in [0.25, 0.3) is 0 Å². The minimum Gasteiger partial charge on any atom is -0.481 e. The van der Waals surface area contributed by atoms with Gasteiger partial charge in [-0.1, -0.05) is 20.3 Å². The number of carbonyl (C=O) groups excluding carboxylic acids is 7. The van der Waals surface area contributed by atoms with Crippen molar-refractivity contribution in [1.82, 2.24) is 31.9 Å². The predicted octanol–water partition coefficient (Wildman–Crippen LogP) is -4.53. The highest BCUT2D eigenvalue weighted by molar-refractivity contribution is 5.97. The summed E-state index contributed by atoms with van der Waals surface area (Å²) in [6.07, 6.45) is -3.53. The van der Waals surface area contributed by atoms with Gasteiger partial charge in [-0.25, -0.2) is 0 Å². The smallest absolute Gasteiger partial charge is 0.325 e. The molecule has 0 aromatic carbocycles. The average molecular weight is 761 g/mol. The average Bonchev–Trinajstić information content (AvgIpc) is 3.06. The summed E-state index contributed by atoms with van der Waals surface area (Å²) in [5, 5.41) is 49.8. The van der Waals surface area contributed by atoms with E-state index in [4.69, 9.17) is 21.7 Å². The summed E-state index contributed by atoms with van der Waals surface area (Å²) < 4.78 is 0. The zero-order chi connectivity index (χ0) is 41.0. The van der Waals surface area contributed by atoms with Crippen LogP contribution >= 0.6 is 0 Å². The van der Waals surface area contributed by atoms with Crippen LogP contribution in [0.2, 0.25) is 0 Å². The third-order valence-corrected chi connectivity index (χ3v) is 7.57. The van der Waals surface area contributed by atoms with Crippen molar-refractivity contribution in [3.63, 3.8) is 0 Å². The van der Waals surface area contributed by atoms with Gasteiger partial charge >= 0.3 is 23.9 Å². The number of aliphatic carboxylic acids is 4. The summed E-state index contributed by atoms with van der Waals surface area (Å²) in [5.41, 5.74) is 10.7. The Morgan fingerprint density at radius 2 is 1.09 bits per heavy atom. The van der Waals surface area contributed by atoms with Crippen LogP contribution in [0.4, 0.5) is 0 Å². The first-order valence-corrected chi connectivity index (χ1v) is 16.3. The fraction of sp³-hybridized carbons (Fsp3) is 0.633. The van der Waals surface area contributed by atoms with Gasteiger partial charge < -0.3 is 63.8 Å². The number of nitrogens with one attached hydrogen (secondary N) is 6. The molecule has 0 saturated carbocycles. The SMILES string of the molecule is CC[C@H](C)[C@H](NC(=O)[C@H](CCC(=O)O)NC(=O)[C@H](CC(=O)O)NC(=O)CNC(=O)[C@H](CCC(=O)O)NC(=O)[C@@H](N)CCC(N)=O)C(=O)N[C@@H](C)C(=O)O. The number of hydrogen-bond donors (Lipinski definition) is 12. The van der Waals surface area contributed by atoms with Crippen LogP contribution in [0.5, 0.6) is 0 Å². The fourth-order valence-corrected chi connectivity index (χ4v) is 4.29. The molecule has 0 saturated heterocycles. The summed E-state index contributed by atoms with van der Waals surface area (Å²) in [4.78, 5) is 133. The third kappa shape index (κ3) is 19.4. The van der Waals surface area contributed by atoms with Crippen molar-refractivity contribution in [2.45, 2.75) is 108 Å². The molecule has 0 fully saturated rings. The molecule has 0 spiro atoms. The van der Waals surface area contributed by atoms with E-state index in [1.54, 1.807) is 13.8 Å². The summed E-state index contributed by atoms with van der Waals surface area (Å²) in [7, 11) is 0. The van der Waals surface area contributed by atoms with E-state index in [0.29, 0.717) is 6.42 Å².